The van der Waals surface area contributed by atoms with Crippen molar-refractivity contribution in [3.05, 3.63) is 34.3 Å². The van der Waals surface area contributed by atoms with Crippen LogP contribution in [-0.4, -0.2) is 43.8 Å². The zero-order valence-corrected chi connectivity index (χ0v) is 15.1. The van der Waals surface area contributed by atoms with Gasteiger partial charge in [0.1, 0.15) is 0 Å². The Kier molecular flexibility index (Phi) is 5.96. The van der Waals surface area contributed by atoms with E-state index in [-0.39, 0.29) is 11.9 Å². The van der Waals surface area contributed by atoms with Gasteiger partial charge in [0.05, 0.1) is 11.8 Å². The molecule has 2 aromatic rings. The highest BCUT2D eigenvalue weighted by Crippen LogP contribution is 2.20. The van der Waals surface area contributed by atoms with Gasteiger partial charge >= 0.3 is 0 Å². The Morgan fingerprint density at radius 3 is 2.82 bits per heavy atom. The van der Waals surface area contributed by atoms with E-state index in [1.165, 1.54) is 11.8 Å². The molecule has 0 spiro atoms. The molecule has 1 aromatic carbocycles. The van der Waals surface area contributed by atoms with E-state index in [1.54, 1.807) is 16.6 Å². The molecule has 118 valence electrons. The topological polar surface area (TPSA) is 63.9 Å². The predicted octanol–water partition coefficient (Wildman–Crippen LogP) is 2.77. The van der Waals surface area contributed by atoms with Crippen LogP contribution in [0.25, 0.3) is 0 Å². The van der Waals surface area contributed by atoms with Gasteiger partial charge in [-0.25, -0.2) is 4.68 Å². The Labute approximate surface area is 142 Å². The second-order valence-electron chi connectivity index (χ2n) is 5.13. The van der Waals surface area contributed by atoms with Crippen LogP contribution in [0.1, 0.15) is 25.5 Å². The number of rotatable bonds is 6. The first-order valence-electron chi connectivity index (χ1n) is 6.87. The molecule has 22 heavy (non-hydrogen) atoms. The summed E-state index contributed by atoms with van der Waals surface area (Å²) in [4.78, 5) is 14.0. The smallest absolute Gasteiger partial charge is 0.233 e. The minimum Gasteiger partial charge on any atom is -0.341 e. The third-order valence-electron chi connectivity index (χ3n) is 3.07. The highest BCUT2D eigenvalue weighted by atomic mass is 79.9. The van der Waals surface area contributed by atoms with Gasteiger partial charge in [0.25, 0.3) is 0 Å². The van der Waals surface area contributed by atoms with Gasteiger partial charge < -0.3 is 4.90 Å². The van der Waals surface area contributed by atoms with E-state index in [0.717, 1.165) is 10.0 Å². The molecule has 0 N–H and O–H groups in total. The molecule has 8 heteroatoms. The minimum atomic E-state index is 0.0408. The van der Waals surface area contributed by atoms with Crippen molar-refractivity contribution in [1.82, 2.24) is 25.1 Å². The summed E-state index contributed by atoms with van der Waals surface area (Å²) in [7, 11) is 1.80. The molecule has 0 aliphatic heterocycles. The number of aromatic nitrogens is 4. The Bertz CT molecular complexity index is 646. The van der Waals surface area contributed by atoms with Crippen molar-refractivity contribution in [3.8, 4) is 0 Å². The van der Waals surface area contributed by atoms with E-state index >= 15 is 0 Å². The van der Waals surface area contributed by atoms with Gasteiger partial charge in [-0.3, -0.25) is 4.79 Å². The molecule has 1 amide bonds. The van der Waals surface area contributed by atoms with Gasteiger partial charge in [-0.05, 0) is 35.9 Å². The third-order valence-corrected chi connectivity index (χ3v) is 4.76. The Hall–Kier alpha value is -1.41. The molecule has 0 bridgehead atoms. The Morgan fingerprint density at radius 2 is 2.14 bits per heavy atom. The maximum atomic E-state index is 12.2. The summed E-state index contributed by atoms with van der Waals surface area (Å²) in [6.07, 6.45) is 0. The van der Waals surface area contributed by atoms with Gasteiger partial charge in [0.2, 0.25) is 11.1 Å². The summed E-state index contributed by atoms with van der Waals surface area (Å²) in [5.74, 6) is 0.354. The largest absolute Gasteiger partial charge is 0.341 e. The molecule has 2 rings (SSSR count). The molecule has 0 saturated heterocycles. The van der Waals surface area contributed by atoms with Crippen LogP contribution in [0, 0.1) is 0 Å². The van der Waals surface area contributed by atoms with E-state index in [4.69, 9.17) is 0 Å². The molecule has 0 unspecified atom stereocenters. The lowest BCUT2D eigenvalue weighted by atomic mass is 10.2. The average molecular weight is 384 g/mol. The highest BCUT2D eigenvalue weighted by molar-refractivity contribution is 9.10. The molecule has 0 aliphatic rings. The van der Waals surface area contributed by atoms with Gasteiger partial charge in [-0.2, -0.15) is 0 Å². The maximum Gasteiger partial charge on any atom is 0.233 e. The van der Waals surface area contributed by atoms with Gasteiger partial charge in [-0.1, -0.05) is 45.9 Å². The van der Waals surface area contributed by atoms with Crippen molar-refractivity contribution >= 4 is 33.6 Å². The van der Waals surface area contributed by atoms with Gasteiger partial charge in [-0.15, -0.1) is 5.10 Å². The number of amides is 1. The summed E-state index contributed by atoms with van der Waals surface area (Å²) in [6.45, 7) is 4.57. The third kappa shape index (κ3) is 4.30. The monoisotopic (exact) mass is 383 g/mol. The van der Waals surface area contributed by atoms with E-state index in [1.807, 2.05) is 38.1 Å². The van der Waals surface area contributed by atoms with E-state index in [2.05, 4.69) is 31.5 Å². The number of benzene rings is 1. The molecular weight excluding hydrogens is 366 g/mol. The molecule has 1 aromatic heterocycles. The van der Waals surface area contributed by atoms with Crippen LogP contribution in [0.3, 0.4) is 0 Å². The fraction of sp³-hybridized carbons (Fsp3) is 0.429. The van der Waals surface area contributed by atoms with Crippen LogP contribution < -0.4 is 0 Å². The summed E-state index contributed by atoms with van der Waals surface area (Å²) in [5.41, 5.74) is 1.08. The van der Waals surface area contributed by atoms with Crippen LogP contribution in [0.4, 0.5) is 0 Å². The number of carbonyl (C=O) groups excluding carboxylic acids is 1. The zero-order valence-electron chi connectivity index (χ0n) is 12.7. The van der Waals surface area contributed by atoms with Crippen LogP contribution in [0.5, 0.6) is 0 Å². The minimum absolute atomic E-state index is 0.0408. The first-order chi connectivity index (χ1) is 10.5. The number of hydrogen-bond donors (Lipinski definition) is 0. The SMILES string of the molecule is CC(C)n1nnnc1SCC(=O)N(C)Cc1ccccc1Br. The molecule has 0 atom stereocenters. The lowest BCUT2D eigenvalue weighted by molar-refractivity contribution is -0.127. The number of carbonyl (C=O) groups is 1. The lowest BCUT2D eigenvalue weighted by Crippen LogP contribution is -2.28. The summed E-state index contributed by atoms with van der Waals surface area (Å²) in [6, 6.07) is 8.06. The standard InChI is InChI=1S/C14H18BrN5OS/c1-10(2)20-14(16-17-18-20)22-9-13(21)19(3)8-11-6-4-5-7-12(11)15/h4-7,10H,8-9H2,1-3H3. The van der Waals surface area contributed by atoms with Gasteiger partial charge in [0.15, 0.2) is 0 Å². The fourth-order valence-electron chi connectivity index (χ4n) is 1.81. The van der Waals surface area contributed by atoms with Crippen LogP contribution in [0.15, 0.2) is 33.9 Å². The first-order valence-corrected chi connectivity index (χ1v) is 8.65. The second-order valence-corrected chi connectivity index (χ2v) is 6.93. The van der Waals surface area contributed by atoms with Crippen molar-refractivity contribution in [3.63, 3.8) is 0 Å². The number of hydrogen-bond acceptors (Lipinski definition) is 5. The van der Waals surface area contributed by atoms with Crippen molar-refractivity contribution in [1.29, 1.82) is 0 Å². The lowest BCUT2D eigenvalue weighted by Gasteiger charge is -2.18. The average Bonchev–Trinajstić information content (AvgIpc) is 2.95. The number of tetrazole rings is 1. The van der Waals surface area contributed by atoms with E-state index in [9.17, 15) is 4.79 Å². The van der Waals surface area contributed by atoms with Crippen molar-refractivity contribution in [2.75, 3.05) is 12.8 Å². The molecule has 6 nitrogen and oxygen atoms in total. The molecule has 0 radical (unpaired) electrons. The van der Waals surface area contributed by atoms with E-state index in [0.29, 0.717) is 17.5 Å². The first kappa shape index (κ1) is 17.0. The Balaban J connectivity index is 1.92. The summed E-state index contributed by atoms with van der Waals surface area (Å²) >= 11 is 4.85. The number of halogens is 1. The summed E-state index contributed by atoms with van der Waals surface area (Å²) in [5, 5.41) is 12.2. The molecule has 0 aliphatic carbocycles. The van der Waals surface area contributed by atoms with Crippen LogP contribution in [0.2, 0.25) is 0 Å². The normalized spacial score (nSPS) is 11.0. The maximum absolute atomic E-state index is 12.2. The second kappa shape index (κ2) is 7.73. The van der Waals surface area contributed by atoms with Crippen molar-refractivity contribution < 1.29 is 4.79 Å². The van der Waals surface area contributed by atoms with Crippen LogP contribution in [-0.2, 0) is 11.3 Å². The molecular formula is C14H18BrN5OS. The molecule has 0 fully saturated rings. The predicted molar refractivity (Wildman–Crippen MR) is 89.5 cm³/mol. The number of nitrogens with zero attached hydrogens (tertiary/aromatic N) is 5. The molecule has 1 heterocycles. The van der Waals surface area contributed by atoms with Crippen molar-refractivity contribution in [2.24, 2.45) is 0 Å². The Morgan fingerprint density at radius 1 is 1.41 bits per heavy atom. The zero-order chi connectivity index (χ0) is 16.1. The quantitative estimate of drug-likeness (QED) is 0.717. The molecule has 0 saturated carbocycles. The van der Waals surface area contributed by atoms with Crippen molar-refractivity contribution in [2.45, 2.75) is 31.6 Å². The van der Waals surface area contributed by atoms with Crippen LogP contribution >= 0.6 is 27.7 Å². The summed E-state index contributed by atoms with van der Waals surface area (Å²) < 4.78 is 2.72. The highest BCUT2D eigenvalue weighted by Gasteiger charge is 2.15. The fourth-order valence-corrected chi connectivity index (χ4v) is 3.17. The number of thioether (sulfide) groups is 1. The van der Waals surface area contributed by atoms with E-state index < -0.39 is 0 Å². The van der Waals surface area contributed by atoms with Gasteiger partial charge in [0, 0.05) is 18.1 Å².